The first-order chi connectivity index (χ1) is 12.1. The van der Waals surface area contributed by atoms with Gasteiger partial charge in [-0.3, -0.25) is 4.57 Å². The van der Waals surface area contributed by atoms with Crippen LogP contribution in [-0.2, 0) is 0 Å². The SMILES string of the molecule is CC1(C)C=C(n2ccnc2-c2ccccc2)c2cc(C#N)ccc2O1. The van der Waals surface area contributed by atoms with E-state index >= 15 is 0 Å². The quantitative estimate of drug-likeness (QED) is 0.697. The molecule has 0 N–H and O–H groups in total. The van der Waals surface area contributed by atoms with Crippen LogP contribution < -0.4 is 4.74 Å². The summed E-state index contributed by atoms with van der Waals surface area (Å²) in [6.07, 6.45) is 5.81. The van der Waals surface area contributed by atoms with Crippen molar-refractivity contribution in [1.29, 1.82) is 5.26 Å². The fraction of sp³-hybridized carbons (Fsp3) is 0.143. The van der Waals surface area contributed by atoms with Crippen LogP contribution in [0.3, 0.4) is 0 Å². The van der Waals surface area contributed by atoms with E-state index in [0.717, 1.165) is 28.4 Å². The first kappa shape index (κ1) is 15.2. The molecule has 0 saturated heterocycles. The van der Waals surface area contributed by atoms with Gasteiger partial charge in [0.05, 0.1) is 17.3 Å². The van der Waals surface area contributed by atoms with E-state index in [1.54, 1.807) is 12.3 Å². The Hall–Kier alpha value is -3.32. The lowest BCUT2D eigenvalue weighted by atomic mass is 9.97. The Morgan fingerprint density at radius 3 is 2.68 bits per heavy atom. The van der Waals surface area contributed by atoms with Crippen molar-refractivity contribution in [3.63, 3.8) is 0 Å². The molecule has 4 nitrogen and oxygen atoms in total. The third-order valence-electron chi connectivity index (χ3n) is 4.17. The summed E-state index contributed by atoms with van der Waals surface area (Å²) >= 11 is 0. The summed E-state index contributed by atoms with van der Waals surface area (Å²) in [5.41, 5.74) is 3.06. The molecule has 0 atom stereocenters. The molecule has 122 valence electrons. The van der Waals surface area contributed by atoms with Crippen molar-refractivity contribution < 1.29 is 4.74 Å². The van der Waals surface area contributed by atoms with Crippen LogP contribution >= 0.6 is 0 Å². The van der Waals surface area contributed by atoms with Crippen molar-refractivity contribution >= 4 is 5.70 Å². The summed E-state index contributed by atoms with van der Waals surface area (Å²) in [7, 11) is 0. The second kappa shape index (κ2) is 5.64. The lowest BCUT2D eigenvalue weighted by molar-refractivity contribution is 0.157. The van der Waals surface area contributed by atoms with E-state index in [2.05, 4.69) is 21.7 Å². The van der Waals surface area contributed by atoms with Gasteiger partial charge in [0.25, 0.3) is 0 Å². The van der Waals surface area contributed by atoms with Crippen molar-refractivity contribution in [2.45, 2.75) is 19.4 Å². The fourth-order valence-corrected chi connectivity index (χ4v) is 3.11. The van der Waals surface area contributed by atoms with Crippen LogP contribution in [0.5, 0.6) is 5.75 Å². The van der Waals surface area contributed by atoms with Crippen molar-refractivity contribution in [1.82, 2.24) is 9.55 Å². The molecule has 3 aromatic rings. The molecule has 1 aliphatic rings. The van der Waals surface area contributed by atoms with Gasteiger partial charge in [-0.15, -0.1) is 0 Å². The van der Waals surface area contributed by atoms with Gasteiger partial charge >= 0.3 is 0 Å². The molecular weight excluding hydrogens is 310 g/mol. The molecule has 25 heavy (non-hydrogen) atoms. The van der Waals surface area contributed by atoms with E-state index in [4.69, 9.17) is 4.74 Å². The van der Waals surface area contributed by atoms with Gasteiger partial charge < -0.3 is 4.74 Å². The number of imidazole rings is 1. The summed E-state index contributed by atoms with van der Waals surface area (Å²) in [6.45, 7) is 4.04. The van der Waals surface area contributed by atoms with Gasteiger partial charge in [0.1, 0.15) is 17.2 Å². The summed E-state index contributed by atoms with van der Waals surface area (Å²) < 4.78 is 8.13. The molecule has 0 unspecified atom stereocenters. The van der Waals surface area contributed by atoms with E-state index < -0.39 is 5.60 Å². The third-order valence-corrected chi connectivity index (χ3v) is 4.17. The van der Waals surface area contributed by atoms with Crippen molar-refractivity contribution in [3.05, 3.63) is 78.1 Å². The van der Waals surface area contributed by atoms with Gasteiger partial charge in [-0.2, -0.15) is 5.26 Å². The summed E-state index contributed by atoms with van der Waals surface area (Å²) in [4.78, 5) is 4.54. The molecule has 0 aliphatic carbocycles. The summed E-state index contributed by atoms with van der Waals surface area (Å²) in [5, 5.41) is 9.26. The first-order valence-corrected chi connectivity index (χ1v) is 8.13. The zero-order valence-corrected chi connectivity index (χ0v) is 14.1. The van der Waals surface area contributed by atoms with Crippen molar-refractivity contribution in [2.24, 2.45) is 0 Å². The third kappa shape index (κ3) is 2.70. The predicted molar refractivity (Wildman–Crippen MR) is 96.9 cm³/mol. The second-order valence-corrected chi connectivity index (χ2v) is 6.54. The molecule has 0 fully saturated rings. The number of ether oxygens (including phenoxy) is 1. The molecule has 0 radical (unpaired) electrons. The average Bonchev–Trinajstić information content (AvgIpc) is 3.10. The van der Waals surface area contributed by atoms with Crippen LogP contribution in [0.2, 0.25) is 0 Å². The number of nitrogens with zero attached hydrogens (tertiary/aromatic N) is 3. The fourth-order valence-electron chi connectivity index (χ4n) is 3.11. The topological polar surface area (TPSA) is 50.8 Å². The lowest BCUT2D eigenvalue weighted by Crippen LogP contribution is -2.30. The molecule has 2 heterocycles. The Kier molecular flexibility index (Phi) is 3.43. The van der Waals surface area contributed by atoms with Crippen LogP contribution in [0.15, 0.2) is 67.0 Å². The number of hydrogen-bond acceptors (Lipinski definition) is 3. The monoisotopic (exact) mass is 327 g/mol. The van der Waals surface area contributed by atoms with Gasteiger partial charge in [0.2, 0.25) is 0 Å². The number of rotatable bonds is 2. The average molecular weight is 327 g/mol. The number of benzene rings is 2. The van der Waals surface area contributed by atoms with Crippen LogP contribution in [0, 0.1) is 11.3 Å². The first-order valence-electron chi connectivity index (χ1n) is 8.13. The molecule has 2 aromatic carbocycles. The molecule has 0 spiro atoms. The maximum atomic E-state index is 9.26. The minimum atomic E-state index is -0.450. The Morgan fingerprint density at radius 1 is 1.12 bits per heavy atom. The van der Waals surface area contributed by atoms with E-state index in [-0.39, 0.29) is 0 Å². The van der Waals surface area contributed by atoms with Gasteiger partial charge in [-0.1, -0.05) is 30.3 Å². The highest BCUT2D eigenvalue weighted by Gasteiger charge is 2.28. The molecule has 1 aliphatic heterocycles. The molecule has 0 amide bonds. The molecule has 4 heteroatoms. The van der Waals surface area contributed by atoms with Crippen LogP contribution in [-0.4, -0.2) is 15.2 Å². The van der Waals surface area contributed by atoms with Gasteiger partial charge in [0.15, 0.2) is 0 Å². The summed E-state index contributed by atoms with van der Waals surface area (Å²) in [6, 6.07) is 17.8. The van der Waals surface area contributed by atoms with E-state index in [9.17, 15) is 5.26 Å². The Balaban J connectivity index is 1.93. The number of aromatic nitrogens is 2. The number of fused-ring (bicyclic) bond motifs is 1. The van der Waals surface area contributed by atoms with Crippen molar-refractivity contribution in [3.8, 4) is 23.2 Å². The second-order valence-electron chi connectivity index (χ2n) is 6.54. The highest BCUT2D eigenvalue weighted by molar-refractivity contribution is 5.77. The largest absolute Gasteiger partial charge is 0.483 e. The van der Waals surface area contributed by atoms with E-state index in [1.165, 1.54) is 0 Å². The number of nitriles is 1. The molecule has 0 saturated carbocycles. The van der Waals surface area contributed by atoms with Crippen LogP contribution in [0.1, 0.15) is 25.0 Å². The minimum absolute atomic E-state index is 0.450. The lowest BCUT2D eigenvalue weighted by Gasteiger charge is -2.31. The molecular formula is C21H17N3O. The predicted octanol–water partition coefficient (Wildman–Crippen LogP) is 4.48. The highest BCUT2D eigenvalue weighted by atomic mass is 16.5. The van der Waals surface area contributed by atoms with Gasteiger partial charge in [-0.05, 0) is 38.1 Å². The molecule has 4 rings (SSSR count). The smallest absolute Gasteiger partial charge is 0.144 e. The summed E-state index contributed by atoms with van der Waals surface area (Å²) in [5.74, 6) is 1.63. The Labute approximate surface area is 146 Å². The standard InChI is InChI=1S/C21H17N3O/c1-21(2)13-18(17-12-15(14-22)8-9-19(17)25-21)24-11-10-23-20(24)16-6-4-3-5-7-16/h3-13H,1-2H3. The van der Waals surface area contributed by atoms with Crippen LogP contribution in [0.4, 0.5) is 0 Å². The normalized spacial score (nSPS) is 14.8. The maximum absolute atomic E-state index is 9.26. The Morgan fingerprint density at radius 2 is 1.92 bits per heavy atom. The zero-order chi connectivity index (χ0) is 17.4. The van der Waals surface area contributed by atoms with Crippen molar-refractivity contribution in [2.75, 3.05) is 0 Å². The van der Waals surface area contributed by atoms with E-state index in [1.807, 2.05) is 62.5 Å². The van der Waals surface area contributed by atoms with E-state index in [0.29, 0.717) is 5.56 Å². The molecule has 1 aromatic heterocycles. The van der Waals surface area contributed by atoms with Crippen LogP contribution in [0.25, 0.3) is 17.1 Å². The zero-order valence-electron chi connectivity index (χ0n) is 14.1. The maximum Gasteiger partial charge on any atom is 0.144 e. The molecule has 0 bridgehead atoms. The number of hydrogen-bond donors (Lipinski definition) is 0. The Bertz CT molecular complexity index is 1010. The minimum Gasteiger partial charge on any atom is -0.483 e. The van der Waals surface area contributed by atoms with Gasteiger partial charge in [-0.25, -0.2) is 4.98 Å². The van der Waals surface area contributed by atoms with Gasteiger partial charge in [0, 0.05) is 23.5 Å². The highest BCUT2D eigenvalue weighted by Crippen LogP contribution is 2.38.